The smallest absolute Gasteiger partial charge is 0.294 e. The van der Waals surface area contributed by atoms with Gasteiger partial charge in [-0.05, 0) is 12.1 Å². The highest BCUT2D eigenvalue weighted by Gasteiger charge is 2.24. The van der Waals surface area contributed by atoms with Crippen molar-refractivity contribution in [3.63, 3.8) is 0 Å². The lowest BCUT2D eigenvalue weighted by Crippen LogP contribution is -2.47. The first-order valence-electron chi connectivity index (χ1n) is 7.38. The highest BCUT2D eigenvalue weighted by molar-refractivity contribution is 6.30. The fourth-order valence-electron chi connectivity index (χ4n) is 2.68. The minimum absolute atomic E-state index is 0.0251. The van der Waals surface area contributed by atoms with Crippen molar-refractivity contribution in [2.24, 2.45) is 0 Å². The van der Waals surface area contributed by atoms with E-state index in [0.717, 1.165) is 5.82 Å². The quantitative estimate of drug-likeness (QED) is 0.618. The van der Waals surface area contributed by atoms with Gasteiger partial charge >= 0.3 is 0 Å². The first-order valence-corrected chi connectivity index (χ1v) is 7.76. The van der Waals surface area contributed by atoms with Gasteiger partial charge in [-0.1, -0.05) is 11.6 Å². The molecule has 3 rings (SSSR count). The molecule has 0 bridgehead atoms. The number of aromatic nitrogens is 2. The number of methoxy groups -OCH3 is 1. The molecule has 9 heteroatoms. The van der Waals surface area contributed by atoms with Gasteiger partial charge in [0.25, 0.3) is 5.69 Å². The normalized spacial score (nSPS) is 14.6. The van der Waals surface area contributed by atoms with E-state index in [2.05, 4.69) is 14.9 Å². The maximum absolute atomic E-state index is 11.3. The van der Waals surface area contributed by atoms with Gasteiger partial charge < -0.3 is 14.5 Å². The number of nitro benzene ring substituents is 1. The Balaban J connectivity index is 1.74. The number of nitrogens with zero attached hydrogens (tertiary/aromatic N) is 5. The Hall–Kier alpha value is -2.61. The molecule has 1 aromatic heterocycles. The van der Waals surface area contributed by atoms with Gasteiger partial charge in [0, 0.05) is 37.3 Å². The van der Waals surface area contributed by atoms with Gasteiger partial charge in [-0.15, -0.1) is 0 Å². The van der Waals surface area contributed by atoms with Crippen molar-refractivity contribution in [3.8, 4) is 5.88 Å². The molecule has 0 saturated carbocycles. The Morgan fingerprint density at radius 2 is 1.92 bits per heavy atom. The monoisotopic (exact) mass is 349 g/mol. The van der Waals surface area contributed by atoms with E-state index in [0.29, 0.717) is 42.8 Å². The molecule has 1 saturated heterocycles. The lowest BCUT2D eigenvalue weighted by molar-refractivity contribution is -0.384. The summed E-state index contributed by atoms with van der Waals surface area (Å²) in [4.78, 5) is 23.4. The highest BCUT2D eigenvalue weighted by Crippen LogP contribution is 2.32. The molecule has 0 atom stereocenters. The zero-order chi connectivity index (χ0) is 17.1. The van der Waals surface area contributed by atoms with Crippen LogP contribution in [0.1, 0.15) is 0 Å². The number of halogens is 1. The molecule has 126 valence electrons. The van der Waals surface area contributed by atoms with Gasteiger partial charge in [0.2, 0.25) is 5.88 Å². The van der Waals surface area contributed by atoms with Crippen molar-refractivity contribution in [2.75, 3.05) is 43.1 Å². The zero-order valence-electron chi connectivity index (χ0n) is 13.1. The molecule has 0 spiro atoms. The topological polar surface area (TPSA) is 84.6 Å². The summed E-state index contributed by atoms with van der Waals surface area (Å²) < 4.78 is 5.09. The van der Waals surface area contributed by atoms with Gasteiger partial charge in [-0.3, -0.25) is 15.1 Å². The van der Waals surface area contributed by atoms with Crippen molar-refractivity contribution in [2.45, 2.75) is 0 Å². The lowest BCUT2D eigenvalue weighted by Gasteiger charge is -2.36. The second-order valence-corrected chi connectivity index (χ2v) is 5.72. The van der Waals surface area contributed by atoms with Crippen LogP contribution in [0, 0.1) is 10.1 Å². The third-order valence-corrected chi connectivity index (χ3v) is 4.12. The highest BCUT2D eigenvalue weighted by atomic mass is 35.5. The predicted octanol–water partition coefficient (Wildman–Crippen LogP) is 2.37. The van der Waals surface area contributed by atoms with E-state index in [1.165, 1.54) is 6.07 Å². The Labute approximate surface area is 143 Å². The fraction of sp³-hybridized carbons (Fsp3) is 0.333. The molecule has 0 radical (unpaired) electrons. The maximum atomic E-state index is 11.3. The summed E-state index contributed by atoms with van der Waals surface area (Å²) in [5.74, 6) is 1.20. The summed E-state index contributed by atoms with van der Waals surface area (Å²) in [6, 6.07) is 4.75. The fourth-order valence-corrected chi connectivity index (χ4v) is 2.84. The van der Waals surface area contributed by atoms with E-state index < -0.39 is 4.92 Å². The minimum Gasteiger partial charge on any atom is -0.480 e. The third kappa shape index (κ3) is 3.33. The van der Waals surface area contributed by atoms with Crippen molar-refractivity contribution in [1.29, 1.82) is 0 Å². The van der Waals surface area contributed by atoms with Crippen LogP contribution in [0.15, 0.2) is 30.6 Å². The van der Waals surface area contributed by atoms with Crippen LogP contribution in [0.25, 0.3) is 0 Å². The average Bonchev–Trinajstić information content (AvgIpc) is 2.62. The van der Waals surface area contributed by atoms with E-state index in [9.17, 15) is 10.1 Å². The number of piperazine rings is 1. The van der Waals surface area contributed by atoms with Crippen molar-refractivity contribution in [1.82, 2.24) is 9.97 Å². The van der Waals surface area contributed by atoms with Gasteiger partial charge in [-0.2, -0.15) is 4.98 Å². The van der Waals surface area contributed by atoms with Gasteiger partial charge in [0.1, 0.15) is 5.69 Å². The number of ether oxygens (including phenoxy) is 1. The lowest BCUT2D eigenvalue weighted by atomic mass is 10.2. The van der Waals surface area contributed by atoms with E-state index in [1.54, 1.807) is 31.6 Å². The Kier molecular flexibility index (Phi) is 4.66. The van der Waals surface area contributed by atoms with E-state index in [-0.39, 0.29) is 5.69 Å². The predicted molar refractivity (Wildman–Crippen MR) is 91.1 cm³/mol. The molecule has 0 aliphatic carbocycles. The summed E-state index contributed by atoms with van der Waals surface area (Å²) in [6.07, 6.45) is 3.24. The summed E-state index contributed by atoms with van der Waals surface area (Å²) in [6.45, 7) is 2.64. The zero-order valence-corrected chi connectivity index (χ0v) is 13.8. The molecule has 24 heavy (non-hydrogen) atoms. The average molecular weight is 350 g/mol. The van der Waals surface area contributed by atoms with Crippen molar-refractivity contribution < 1.29 is 9.66 Å². The molecule has 2 heterocycles. The maximum Gasteiger partial charge on any atom is 0.294 e. The second-order valence-electron chi connectivity index (χ2n) is 5.28. The van der Waals surface area contributed by atoms with Crippen LogP contribution in [0.5, 0.6) is 5.88 Å². The SMILES string of the molecule is COc1cncc(N2CCN(c3ccc(Cl)cc3[N+](=O)[O-])CC2)n1. The first kappa shape index (κ1) is 16.3. The van der Waals surface area contributed by atoms with Crippen LogP contribution in [0.3, 0.4) is 0 Å². The Morgan fingerprint density at radius 1 is 1.21 bits per heavy atom. The van der Waals surface area contributed by atoms with E-state index >= 15 is 0 Å². The first-order chi connectivity index (χ1) is 11.6. The van der Waals surface area contributed by atoms with E-state index in [1.807, 2.05) is 4.90 Å². The van der Waals surface area contributed by atoms with Crippen LogP contribution >= 0.6 is 11.6 Å². The molecular weight excluding hydrogens is 334 g/mol. The number of hydrogen-bond donors (Lipinski definition) is 0. The molecule has 0 amide bonds. The molecule has 1 aromatic carbocycles. The molecular formula is C15H16ClN5O3. The third-order valence-electron chi connectivity index (χ3n) is 3.89. The molecule has 0 N–H and O–H groups in total. The number of anilines is 2. The largest absolute Gasteiger partial charge is 0.480 e. The van der Waals surface area contributed by atoms with Gasteiger partial charge in [0.15, 0.2) is 5.82 Å². The number of rotatable bonds is 4. The van der Waals surface area contributed by atoms with Crippen LogP contribution in [0.4, 0.5) is 17.2 Å². The Bertz CT molecular complexity index is 750. The second kappa shape index (κ2) is 6.88. The van der Waals surface area contributed by atoms with Crippen LogP contribution in [-0.4, -0.2) is 48.2 Å². The van der Waals surface area contributed by atoms with Gasteiger partial charge in [0.05, 0.1) is 24.4 Å². The van der Waals surface area contributed by atoms with Crippen LogP contribution < -0.4 is 14.5 Å². The number of hydrogen-bond acceptors (Lipinski definition) is 7. The number of benzene rings is 1. The van der Waals surface area contributed by atoms with Gasteiger partial charge in [-0.25, -0.2) is 0 Å². The standard InChI is InChI=1S/C15H16ClN5O3/c1-24-15-10-17-9-14(18-15)20-6-4-19(5-7-20)12-3-2-11(16)8-13(12)21(22)23/h2-3,8-10H,4-7H2,1H3. The summed E-state index contributed by atoms with van der Waals surface area (Å²) in [5, 5.41) is 11.6. The molecule has 2 aromatic rings. The van der Waals surface area contributed by atoms with E-state index in [4.69, 9.17) is 16.3 Å². The number of nitro groups is 1. The van der Waals surface area contributed by atoms with Crippen LogP contribution in [0.2, 0.25) is 5.02 Å². The van der Waals surface area contributed by atoms with Crippen molar-refractivity contribution in [3.05, 3.63) is 45.7 Å². The molecule has 0 unspecified atom stereocenters. The minimum atomic E-state index is -0.402. The molecule has 1 aliphatic heterocycles. The molecule has 1 aliphatic rings. The molecule has 8 nitrogen and oxygen atoms in total. The summed E-state index contributed by atoms with van der Waals surface area (Å²) in [5.41, 5.74) is 0.609. The summed E-state index contributed by atoms with van der Waals surface area (Å²) in [7, 11) is 1.55. The summed E-state index contributed by atoms with van der Waals surface area (Å²) >= 11 is 5.87. The van der Waals surface area contributed by atoms with Crippen molar-refractivity contribution >= 4 is 28.8 Å². The Morgan fingerprint density at radius 3 is 2.58 bits per heavy atom. The van der Waals surface area contributed by atoms with Crippen LogP contribution in [-0.2, 0) is 0 Å². The molecule has 1 fully saturated rings.